The second-order valence-corrected chi connectivity index (χ2v) is 15.8. The van der Waals surface area contributed by atoms with E-state index in [0.717, 1.165) is 10.9 Å². The number of nitrogens with zero attached hydrogens (tertiary/aromatic N) is 9. The molecule has 28 heteroatoms. The van der Waals surface area contributed by atoms with Crippen molar-refractivity contribution < 1.29 is 53.7 Å². The minimum absolute atomic E-state index is 0.0406. The molecule has 0 saturated carbocycles. The summed E-state index contributed by atoms with van der Waals surface area (Å²) >= 11 is 24.2. The Morgan fingerprint density at radius 3 is 1.83 bits per heavy atom. The normalized spacial score (nSPS) is 11.8. The first-order valence-electron chi connectivity index (χ1n) is 17.0. The number of aromatic hydroxyl groups is 1. The van der Waals surface area contributed by atoms with E-state index in [2.05, 4.69) is 30.5 Å². The molecule has 6 rings (SSSR count). The number of aliphatic imine (C=N–C) groups is 1. The Morgan fingerprint density at radius 2 is 1.35 bits per heavy atom. The molecule has 0 bridgehead atoms. The maximum Gasteiger partial charge on any atom is 0.446 e. The molecule has 0 aliphatic rings. The monoisotopic (exact) mass is 1030 g/mol. The highest BCUT2D eigenvalue weighted by molar-refractivity contribution is 8.00. The van der Waals surface area contributed by atoms with E-state index in [9.17, 15) is 59.5 Å². The second-order valence-electron chi connectivity index (χ2n) is 12.2. The fourth-order valence-corrected chi connectivity index (χ4v) is 7.87. The van der Waals surface area contributed by atoms with Crippen LogP contribution >= 0.6 is 69.9 Å². The largest absolute Gasteiger partial charge is 0.504 e. The topological polar surface area (TPSA) is 163 Å². The summed E-state index contributed by atoms with van der Waals surface area (Å²) in [4.78, 5) is 11.4. The van der Waals surface area contributed by atoms with Gasteiger partial charge in [0.2, 0.25) is 0 Å². The molecule has 12 nitrogen and oxygen atoms in total. The molecule has 0 aliphatic heterocycles. The van der Waals surface area contributed by atoms with E-state index in [1.54, 1.807) is 0 Å². The average Bonchev–Trinajstić information content (AvgIpc) is 3.74. The third kappa shape index (κ3) is 12.2. The highest BCUT2D eigenvalue weighted by atomic mass is 35.5. The first kappa shape index (κ1) is 50.4. The molecular formula is C37H20Cl4F10N10O2S2. The number of nitriles is 2. The highest BCUT2D eigenvalue weighted by Crippen LogP contribution is 2.47. The number of hydrogen-bond donors (Lipinski definition) is 2. The molecule has 0 amide bonds. The zero-order chi connectivity index (χ0) is 48.0. The summed E-state index contributed by atoms with van der Waals surface area (Å²) in [6.45, 7) is 0.111. The summed E-state index contributed by atoms with van der Waals surface area (Å²) in [7, 11) is 1.27. The number of phenolic OH excluding ortho intramolecular Hbond substituents is 1. The first-order chi connectivity index (χ1) is 30.5. The molecule has 0 spiro atoms. The Morgan fingerprint density at radius 1 is 0.815 bits per heavy atom. The van der Waals surface area contributed by atoms with Crippen molar-refractivity contribution in [2.24, 2.45) is 4.99 Å². The van der Waals surface area contributed by atoms with E-state index in [0.29, 0.717) is 46.4 Å². The van der Waals surface area contributed by atoms with Crippen LogP contribution in [0.5, 0.6) is 11.5 Å². The fraction of sp³-hybridized carbons (Fsp3) is 0.162. The highest BCUT2D eigenvalue weighted by Gasteiger charge is 2.37. The van der Waals surface area contributed by atoms with Gasteiger partial charge in [0.1, 0.15) is 35.3 Å². The lowest BCUT2D eigenvalue weighted by atomic mass is 10.2. The van der Waals surface area contributed by atoms with Crippen LogP contribution in [0.1, 0.15) is 33.8 Å². The third-order valence-corrected chi connectivity index (χ3v) is 10.7. The van der Waals surface area contributed by atoms with Crippen molar-refractivity contribution in [2.75, 3.05) is 18.4 Å². The third-order valence-electron chi connectivity index (χ3n) is 7.99. The van der Waals surface area contributed by atoms with Crippen LogP contribution in [0.15, 0.2) is 75.8 Å². The Bertz CT molecular complexity index is 2780. The molecule has 0 atom stereocenters. The maximum absolute atomic E-state index is 13.2. The van der Waals surface area contributed by atoms with Crippen LogP contribution in [-0.4, -0.2) is 59.5 Å². The van der Waals surface area contributed by atoms with Crippen LogP contribution in [0, 0.1) is 22.7 Å². The number of halogens is 14. The van der Waals surface area contributed by atoms with Gasteiger partial charge in [-0.25, -0.2) is 18.7 Å². The van der Waals surface area contributed by atoms with Crippen molar-refractivity contribution >= 4 is 87.8 Å². The van der Waals surface area contributed by atoms with Crippen molar-refractivity contribution in [3.63, 3.8) is 0 Å². The van der Waals surface area contributed by atoms with E-state index in [4.69, 9.17) is 51.1 Å². The van der Waals surface area contributed by atoms with Gasteiger partial charge in [-0.3, -0.25) is 9.97 Å². The number of nitrogens with one attached hydrogen (secondary N) is 1. The number of thioether (sulfide) groups is 2. The Labute approximate surface area is 387 Å². The lowest BCUT2D eigenvalue weighted by molar-refractivity contribution is -0.138. The molecule has 0 aliphatic carbocycles. The van der Waals surface area contributed by atoms with Crippen molar-refractivity contribution in [3.05, 3.63) is 115 Å². The summed E-state index contributed by atoms with van der Waals surface area (Å²) in [5.41, 5.74) is -7.68. The molecule has 3 heterocycles. The molecule has 340 valence electrons. The minimum atomic E-state index is -4.86. The SMILES string of the molecule is COc1cc(/C=N/c2c(SC(F)(F)F)c(C#N)nn2-c2c(Cl)cc(C(F)(F)F)cc2Cl)ccc1O.N#Cc1nn(-c2c(Cl)cc(C(F)(F)F)cc2Cl)c(NCc2cnccn2)c1SCF. The van der Waals surface area contributed by atoms with Crippen molar-refractivity contribution in [2.45, 2.75) is 34.2 Å². The van der Waals surface area contributed by atoms with Gasteiger partial charge in [0.25, 0.3) is 0 Å². The van der Waals surface area contributed by atoms with Crippen molar-refractivity contribution in [3.8, 4) is 35.0 Å². The number of rotatable bonds is 11. The van der Waals surface area contributed by atoms with E-state index >= 15 is 0 Å². The molecule has 65 heavy (non-hydrogen) atoms. The summed E-state index contributed by atoms with van der Waals surface area (Å²) in [6.07, 6.45) is -3.95. The number of alkyl halides is 10. The molecule has 0 unspecified atom stereocenters. The van der Waals surface area contributed by atoms with Crippen LogP contribution in [0.25, 0.3) is 11.4 Å². The standard InChI is InChI=1S/C20H10Cl2F6N4O2S.C17H10Cl2F4N6S/c1-34-15-4-9(2-3-14(15)33)8-30-18-17(35-20(26,27)28)13(7-29)31-32(18)16-11(21)5-10(6-12(16)22)19(23,24)25;18-11-3-9(17(21,22)23)4-12(19)14(11)29-16(15(30-8-20)13(5-24)28-29)27-7-10-6-25-1-2-26-10/h2-6,8,33H,1H3;1-4,6,27H,7-8H2/b30-8+;. The fourth-order valence-electron chi connectivity index (χ4n) is 5.30. The van der Waals surface area contributed by atoms with Crippen molar-refractivity contribution in [1.82, 2.24) is 29.5 Å². The quantitative estimate of drug-likeness (QED) is 0.0721. The van der Waals surface area contributed by atoms with E-state index in [1.165, 1.54) is 50.0 Å². The summed E-state index contributed by atoms with van der Waals surface area (Å²) in [6, 6.07) is 8.83. The molecule has 6 aromatic rings. The predicted molar refractivity (Wildman–Crippen MR) is 222 cm³/mol. The van der Waals surface area contributed by atoms with Crippen LogP contribution in [0.4, 0.5) is 55.5 Å². The maximum atomic E-state index is 13.2. The van der Waals surface area contributed by atoms with E-state index < -0.39 is 78.9 Å². The van der Waals surface area contributed by atoms with Gasteiger partial charge < -0.3 is 15.2 Å². The van der Waals surface area contributed by atoms with Gasteiger partial charge in [-0.05, 0) is 59.8 Å². The van der Waals surface area contributed by atoms with Crippen LogP contribution in [0.2, 0.25) is 20.1 Å². The molecular weight excluding hydrogens is 1010 g/mol. The van der Waals surface area contributed by atoms with Gasteiger partial charge in [0.15, 0.2) is 28.7 Å². The number of aromatic nitrogens is 6. The molecule has 3 aromatic carbocycles. The van der Waals surface area contributed by atoms with Crippen LogP contribution in [-0.2, 0) is 18.9 Å². The lowest BCUT2D eigenvalue weighted by Gasteiger charge is -2.15. The molecule has 0 fully saturated rings. The van der Waals surface area contributed by atoms with E-state index in [-0.39, 0.29) is 55.7 Å². The van der Waals surface area contributed by atoms with Gasteiger partial charge >= 0.3 is 17.9 Å². The smallest absolute Gasteiger partial charge is 0.446 e. The minimum Gasteiger partial charge on any atom is -0.504 e. The van der Waals surface area contributed by atoms with Gasteiger partial charge in [-0.15, -0.1) is 0 Å². The van der Waals surface area contributed by atoms with Gasteiger partial charge in [0.05, 0.1) is 66.6 Å². The predicted octanol–water partition coefficient (Wildman–Crippen LogP) is 12.6. The molecule has 0 saturated heterocycles. The molecule has 2 N–H and O–H groups in total. The zero-order valence-corrected chi connectivity index (χ0v) is 36.4. The van der Waals surface area contributed by atoms with Crippen molar-refractivity contribution in [1.29, 1.82) is 10.5 Å². The Balaban J connectivity index is 0.000000247. The summed E-state index contributed by atoms with van der Waals surface area (Å²) < 4.78 is 138. The van der Waals surface area contributed by atoms with Crippen LogP contribution < -0.4 is 10.1 Å². The number of methoxy groups -OCH3 is 1. The second kappa shape index (κ2) is 20.7. The Hall–Kier alpha value is -5.63. The van der Waals surface area contributed by atoms with Crippen LogP contribution in [0.3, 0.4) is 0 Å². The Kier molecular flexibility index (Phi) is 16.0. The average molecular weight is 1030 g/mol. The van der Waals surface area contributed by atoms with Gasteiger partial charge in [-0.2, -0.15) is 60.2 Å². The summed E-state index contributed by atoms with van der Waals surface area (Å²) in [5.74, 6) is -0.611. The molecule has 0 radical (unpaired) electrons. The van der Waals surface area contributed by atoms with E-state index in [1.807, 2.05) is 6.07 Å². The zero-order valence-electron chi connectivity index (χ0n) is 31.8. The number of ether oxygens (including phenoxy) is 1. The number of benzene rings is 3. The van der Waals surface area contributed by atoms with Gasteiger partial charge in [0, 0.05) is 18.6 Å². The number of phenols is 1. The molecule has 3 aromatic heterocycles. The van der Waals surface area contributed by atoms with Gasteiger partial charge in [-0.1, -0.05) is 58.2 Å². The number of anilines is 1. The number of hydrogen-bond acceptors (Lipinski definition) is 12. The lowest BCUT2D eigenvalue weighted by Crippen LogP contribution is -2.11. The first-order valence-corrected chi connectivity index (χ1v) is 20.4. The summed E-state index contributed by atoms with van der Waals surface area (Å²) in [5, 5.41) is 37.3.